The van der Waals surface area contributed by atoms with Crippen LogP contribution in [0, 0.1) is 5.92 Å². The highest BCUT2D eigenvalue weighted by Gasteiger charge is 2.20. The molecule has 0 aliphatic rings. The molecule has 2 amide bonds. The summed E-state index contributed by atoms with van der Waals surface area (Å²) in [5, 5.41) is 11.7. The third kappa shape index (κ3) is 4.93. The van der Waals surface area contributed by atoms with Crippen molar-refractivity contribution in [2.45, 2.75) is 13.8 Å². The molecule has 0 aliphatic carbocycles. The molecule has 1 atom stereocenters. The summed E-state index contributed by atoms with van der Waals surface area (Å²) in [6.07, 6.45) is 0. The third-order valence-corrected chi connectivity index (χ3v) is 3.48. The number of hydrogen-bond donors (Lipinski definition) is 2. The summed E-state index contributed by atoms with van der Waals surface area (Å²) in [7, 11) is 1.52. The average molecular weight is 359 g/mol. The summed E-state index contributed by atoms with van der Waals surface area (Å²) in [6, 6.07) is 4.90. The van der Waals surface area contributed by atoms with Crippen LogP contribution in [0.3, 0.4) is 0 Å². The van der Waals surface area contributed by atoms with Crippen LogP contribution < -0.4 is 10.1 Å². The second kappa shape index (κ2) is 7.87. The molecule has 21 heavy (non-hydrogen) atoms. The van der Waals surface area contributed by atoms with E-state index in [0.29, 0.717) is 18.0 Å². The molecule has 2 N–H and O–H groups in total. The number of carbonyl (C=O) groups is 2. The molecular weight excluding hydrogens is 340 g/mol. The molecule has 6 nitrogen and oxygen atoms in total. The number of amides is 2. The number of nitrogens with zero attached hydrogens (tertiary/aromatic N) is 1. The number of rotatable bonds is 6. The summed E-state index contributed by atoms with van der Waals surface area (Å²) in [5.74, 6) is -1.02. The van der Waals surface area contributed by atoms with Crippen molar-refractivity contribution in [1.82, 2.24) is 4.90 Å². The lowest BCUT2D eigenvalue weighted by Gasteiger charge is -2.23. The minimum Gasteiger partial charge on any atom is -0.495 e. The van der Waals surface area contributed by atoms with Crippen LogP contribution in [0.25, 0.3) is 0 Å². The van der Waals surface area contributed by atoms with Crippen LogP contribution in [0.5, 0.6) is 5.75 Å². The maximum atomic E-state index is 12.2. The Kier molecular flexibility index (Phi) is 6.48. The molecule has 0 saturated heterocycles. The fourth-order valence-corrected chi connectivity index (χ4v) is 2.10. The monoisotopic (exact) mass is 358 g/mol. The maximum Gasteiger partial charge on any atom is 0.321 e. The standard InChI is InChI=1S/C14H19BrN2O4/c1-4-17(8-9(2)13(18)19)14(20)16-11-7-10(15)5-6-12(11)21-3/h5-7,9H,4,8H2,1-3H3,(H,16,20)(H,18,19). The molecule has 7 heteroatoms. The first-order chi connectivity index (χ1) is 9.88. The number of aliphatic carboxylic acids is 1. The van der Waals surface area contributed by atoms with Crippen LogP contribution in [0.15, 0.2) is 22.7 Å². The second-order valence-corrected chi connectivity index (χ2v) is 5.47. The van der Waals surface area contributed by atoms with Crippen LogP contribution >= 0.6 is 15.9 Å². The van der Waals surface area contributed by atoms with Crippen molar-refractivity contribution in [2.75, 3.05) is 25.5 Å². The Morgan fingerprint density at radius 3 is 2.67 bits per heavy atom. The molecule has 116 valence electrons. The van der Waals surface area contributed by atoms with Gasteiger partial charge < -0.3 is 20.1 Å². The van der Waals surface area contributed by atoms with Crippen molar-refractivity contribution in [3.05, 3.63) is 22.7 Å². The van der Waals surface area contributed by atoms with E-state index in [4.69, 9.17) is 9.84 Å². The molecule has 0 aromatic heterocycles. The van der Waals surface area contributed by atoms with Gasteiger partial charge in [-0.05, 0) is 25.1 Å². The quantitative estimate of drug-likeness (QED) is 0.818. The Bertz CT molecular complexity index is 522. The molecule has 0 spiro atoms. The second-order valence-electron chi connectivity index (χ2n) is 4.55. The average Bonchev–Trinajstić information content (AvgIpc) is 2.44. The lowest BCUT2D eigenvalue weighted by Crippen LogP contribution is -2.39. The van der Waals surface area contributed by atoms with E-state index in [1.54, 1.807) is 32.0 Å². The molecule has 1 rings (SSSR count). The normalized spacial score (nSPS) is 11.6. The van der Waals surface area contributed by atoms with E-state index in [1.807, 2.05) is 0 Å². The van der Waals surface area contributed by atoms with Gasteiger partial charge in [0, 0.05) is 17.6 Å². The first kappa shape index (κ1) is 17.3. The molecule has 0 bridgehead atoms. The summed E-state index contributed by atoms with van der Waals surface area (Å²) in [6.45, 7) is 3.93. The van der Waals surface area contributed by atoms with Crippen LogP contribution in [0.2, 0.25) is 0 Å². The number of urea groups is 1. The number of carboxylic acid groups (broad SMARTS) is 1. The van der Waals surface area contributed by atoms with Gasteiger partial charge in [0.1, 0.15) is 5.75 Å². The Balaban J connectivity index is 2.83. The van der Waals surface area contributed by atoms with E-state index in [0.717, 1.165) is 4.47 Å². The number of halogens is 1. The number of nitrogens with one attached hydrogen (secondary N) is 1. The highest BCUT2D eigenvalue weighted by molar-refractivity contribution is 9.10. The van der Waals surface area contributed by atoms with Crippen molar-refractivity contribution >= 4 is 33.6 Å². The van der Waals surface area contributed by atoms with E-state index in [-0.39, 0.29) is 12.6 Å². The van der Waals surface area contributed by atoms with E-state index in [2.05, 4.69) is 21.2 Å². The number of anilines is 1. The predicted octanol–water partition coefficient (Wildman–Crippen LogP) is 3.03. The molecule has 1 aromatic rings. The Hall–Kier alpha value is -1.76. The van der Waals surface area contributed by atoms with E-state index >= 15 is 0 Å². The highest BCUT2D eigenvalue weighted by atomic mass is 79.9. The van der Waals surface area contributed by atoms with Crippen molar-refractivity contribution < 1.29 is 19.4 Å². The van der Waals surface area contributed by atoms with Gasteiger partial charge in [-0.1, -0.05) is 22.9 Å². The lowest BCUT2D eigenvalue weighted by atomic mass is 10.2. The maximum absolute atomic E-state index is 12.2. The summed E-state index contributed by atoms with van der Waals surface area (Å²) >= 11 is 3.33. The zero-order chi connectivity index (χ0) is 16.0. The molecule has 0 fully saturated rings. The van der Waals surface area contributed by atoms with Crippen molar-refractivity contribution in [2.24, 2.45) is 5.92 Å². The van der Waals surface area contributed by atoms with Crippen LogP contribution in [-0.2, 0) is 4.79 Å². The minimum atomic E-state index is -0.929. The first-order valence-electron chi connectivity index (χ1n) is 6.51. The molecule has 1 unspecified atom stereocenters. The van der Waals surface area contributed by atoms with Crippen LogP contribution in [0.1, 0.15) is 13.8 Å². The van der Waals surface area contributed by atoms with E-state index in [1.165, 1.54) is 12.0 Å². The van der Waals surface area contributed by atoms with Gasteiger partial charge in [-0.2, -0.15) is 0 Å². The topological polar surface area (TPSA) is 78.9 Å². The van der Waals surface area contributed by atoms with Crippen LogP contribution in [-0.4, -0.2) is 42.2 Å². The van der Waals surface area contributed by atoms with Gasteiger partial charge in [-0.15, -0.1) is 0 Å². The van der Waals surface area contributed by atoms with Crippen molar-refractivity contribution in [3.8, 4) is 5.75 Å². The van der Waals surface area contributed by atoms with Gasteiger partial charge in [-0.25, -0.2) is 4.79 Å². The lowest BCUT2D eigenvalue weighted by molar-refractivity contribution is -0.141. The van der Waals surface area contributed by atoms with Crippen LogP contribution in [0.4, 0.5) is 10.5 Å². The number of carboxylic acids is 1. The summed E-state index contributed by atoms with van der Waals surface area (Å²) < 4.78 is 5.99. The largest absolute Gasteiger partial charge is 0.495 e. The third-order valence-electron chi connectivity index (χ3n) is 2.99. The number of hydrogen-bond acceptors (Lipinski definition) is 3. The van der Waals surface area contributed by atoms with Crippen molar-refractivity contribution in [1.29, 1.82) is 0 Å². The molecular formula is C14H19BrN2O4. The SMILES string of the molecule is CCN(CC(C)C(=O)O)C(=O)Nc1cc(Br)ccc1OC. The van der Waals surface area contributed by atoms with Crippen molar-refractivity contribution in [3.63, 3.8) is 0 Å². The van der Waals surface area contributed by atoms with Gasteiger partial charge in [0.05, 0.1) is 18.7 Å². The zero-order valence-electron chi connectivity index (χ0n) is 12.2. The van der Waals surface area contributed by atoms with Gasteiger partial charge in [-0.3, -0.25) is 4.79 Å². The smallest absolute Gasteiger partial charge is 0.321 e. The fraction of sp³-hybridized carbons (Fsp3) is 0.429. The Morgan fingerprint density at radius 2 is 2.14 bits per heavy atom. The highest BCUT2D eigenvalue weighted by Crippen LogP contribution is 2.28. The fourth-order valence-electron chi connectivity index (χ4n) is 1.74. The number of ether oxygens (including phenoxy) is 1. The van der Waals surface area contributed by atoms with Gasteiger partial charge in [0.25, 0.3) is 0 Å². The van der Waals surface area contributed by atoms with E-state index in [9.17, 15) is 9.59 Å². The Labute approximate surface area is 132 Å². The van der Waals surface area contributed by atoms with E-state index < -0.39 is 11.9 Å². The number of carbonyl (C=O) groups excluding carboxylic acids is 1. The Morgan fingerprint density at radius 1 is 1.48 bits per heavy atom. The van der Waals surface area contributed by atoms with Gasteiger partial charge >= 0.3 is 12.0 Å². The molecule has 0 saturated carbocycles. The van der Waals surface area contributed by atoms with Gasteiger partial charge in [0.2, 0.25) is 0 Å². The molecule has 0 radical (unpaired) electrons. The first-order valence-corrected chi connectivity index (χ1v) is 7.30. The minimum absolute atomic E-state index is 0.147. The molecule has 0 heterocycles. The molecule has 0 aliphatic heterocycles. The predicted molar refractivity (Wildman–Crippen MR) is 83.8 cm³/mol. The zero-order valence-corrected chi connectivity index (χ0v) is 13.8. The summed E-state index contributed by atoms with van der Waals surface area (Å²) in [5.41, 5.74) is 0.526. The van der Waals surface area contributed by atoms with Gasteiger partial charge in [0.15, 0.2) is 0 Å². The number of methoxy groups -OCH3 is 1. The number of benzene rings is 1. The summed E-state index contributed by atoms with van der Waals surface area (Å²) in [4.78, 5) is 24.6. The molecule has 1 aromatic carbocycles.